The predicted molar refractivity (Wildman–Crippen MR) is 120 cm³/mol. The lowest BCUT2D eigenvalue weighted by Crippen LogP contribution is -2.73. The third-order valence-electron chi connectivity index (χ3n) is 10.2. The number of epoxide rings is 1. The third-order valence-corrected chi connectivity index (χ3v) is 10.2. The molecule has 2 saturated carbocycles. The molecule has 4 fully saturated rings. The lowest BCUT2D eigenvalue weighted by atomic mass is 9.37. The van der Waals surface area contributed by atoms with Gasteiger partial charge in [0.05, 0.1) is 36.1 Å². The summed E-state index contributed by atoms with van der Waals surface area (Å²) in [6, 6.07) is 1.74. The zero-order chi connectivity index (χ0) is 25.8. The molecular formula is C26H34O9. The van der Waals surface area contributed by atoms with Crippen molar-refractivity contribution in [3.8, 4) is 0 Å². The molecule has 0 radical (unpaired) electrons. The number of esters is 1. The van der Waals surface area contributed by atoms with Crippen LogP contribution in [-0.2, 0) is 23.9 Å². The number of ether oxygens (including phenoxy) is 2. The van der Waals surface area contributed by atoms with E-state index in [1.807, 2.05) is 6.92 Å². The van der Waals surface area contributed by atoms with E-state index in [0.29, 0.717) is 18.4 Å². The van der Waals surface area contributed by atoms with E-state index in [-0.39, 0.29) is 12.2 Å². The van der Waals surface area contributed by atoms with Crippen molar-refractivity contribution in [2.45, 2.75) is 89.8 Å². The molecule has 9 heteroatoms. The maximum absolute atomic E-state index is 14.1. The van der Waals surface area contributed by atoms with Gasteiger partial charge in [0.15, 0.2) is 6.10 Å². The molecule has 192 valence electrons. The van der Waals surface area contributed by atoms with Gasteiger partial charge >= 0.3 is 11.9 Å². The maximum Gasteiger partial charge on any atom is 0.339 e. The van der Waals surface area contributed by atoms with Crippen LogP contribution in [0.4, 0.5) is 0 Å². The highest BCUT2D eigenvalue weighted by atomic mass is 16.7. The lowest BCUT2D eigenvalue weighted by molar-refractivity contribution is -0.236. The second-order valence-corrected chi connectivity index (χ2v) is 12.1. The topological polar surface area (TPSA) is 147 Å². The first-order chi connectivity index (χ1) is 16.2. The number of aliphatic hydroxyl groups excluding tert-OH is 1. The summed E-state index contributed by atoms with van der Waals surface area (Å²) >= 11 is 0. The van der Waals surface area contributed by atoms with Gasteiger partial charge in [-0.15, -0.1) is 0 Å². The van der Waals surface area contributed by atoms with Gasteiger partial charge in [0.25, 0.3) is 0 Å². The first-order valence-corrected chi connectivity index (χ1v) is 12.2. The number of cyclic esters (lactones) is 1. The minimum absolute atomic E-state index is 0.0665. The largest absolute Gasteiger partial charge is 0.481 e. The zero-order valence-corrected chi connectivity index (χ0v) is 20.7. The van der Waals surface area contributed by atoms with Crippen LogP contribution in [0.1, 0.15) is 72.0 Å². The number of Topliss-reactive ketones (excluding diaryl/α,β-unsaturated/α-hetero) is 1. The SMILES string of the molecule is CC(C)(O)C1CC(=O)[C@]2(C)[C@H](CC[C@@]3(C)[C@H](c4ccoc4)OC(=O)[C@H]4O[C@]432)[C@@]1(C)[C@H](O)CC(=O)O. The van der Waals surface area contributed by atoms with Gasteiger partial charge < -0.3 is 29.2 Å². The van der Waals surface area contributed by atoms with E-state index >= 15 is 0 Å². The fourth-order valence-electron chi connectivity index (χ4n) is 8.51. The van der Waals surface area contributed by atoms with Crippen molar-refractivity contribution in [2.75, 3.05) is 0 Å². The number of ketones is 1. The number of carboxylic acid groups (broad SMARTS) is 1. The summed E-state index contributed by atoms with van der Waals surface area (Å²) in [5, 5.41) is 31.9. The average Bonchev–Trinajstić information content (AvgIpc) is 3.32. The van der Waals surface area contributed by atoms with Crippen LogP contribution >= 0.6 is 0 Å². The number of aliphatic carboxylic acids is 1. The molecule has 2 saturated heterocycles. The van der Waals surface area contributed by atoms with Gasteiger partial charge in [-0.3, -0.25) is 9.59 Å². The molecule has 1 spiro atoms. The number of furan rings is 1. The summed E-state index contributed by atoms with van der Waals surface area (Å²) in [7, 11) is 0. The van der Waals surface area contributed by atoms with E-state index in [1.165, 1.54) is 12.5 Å². The summed E-state index contributed by atoms with van der Waals surface area (Å²) < 4.78 is 17.3. The molecule has 2 aliphatic carbocycles. The number of aliphatic hydroxyl groups is 2. The minimum Gasteiger partial charge on any atom is -0.481 e. The van der Waals surface area contributed by atoms with Crippen LogP contribution in [-0.4, -0.2) is 56.5 Å². The van der Waals surface area contributed by atoms with Crippen molar-refractivity contribution in [1.29, 1.82) is 0 Å². The Labute approximate surface area is 203 Å². The number of carbonyl (C=O) groups excluding carboxylic acids is 2. The second-order valence-electron chi connectivity index (χ2n) is 12.1. The number of carboxylic acids is 1. The van der Waals surface area contributed by atoms with Crippen molar-refractivity contribution < 1.29 is 43.6 Å². The molecule has 3 N–H and O–H groups in total. The van der Waals surface area contributed by atoms with Crippen LogP contribution in [0.15, 0.2) is 23.0 Å². The molecule has 1 unspecified atom stereocenters. The molecule has 0 aromatic carbocycles. The van der Waals surface area contributed by atoms with Crippen molar-refractivity contribution in [3.05, 3.63) is 24.2 Å². The highest BCUT2D eigenvalue weighted by molar-refractivity contribution is 5.93. The molecule has 1 aromatic heterocycles. The first-order valence-electron chi connectivity index (χ1n) is 12.2. The zero-order valence-electron chi connectivity index (χ0n) is 20.7. The molecule has 0 bridgehead atoms. The normalized spacial score (nSPS) is 45.6. The molecule has 35 heavy (non-hydrogen) atoms. The van der Waals surface area contributed by atoms with Gasteiger partial charge in [0.2, 0.25) is 0 Å². The molecule has 5 rings (SSSR count). The molecule has 0 amide bonds. The Hall–Kier alpha value is -2.23. The summed E-state index contributed by atoms with van der Waals surface area (Å²) in [6.45, 7) is 8.74. The van der Waals surface area contributed by atoms with E-state index in [9.17, 15) is 29.7 Å². The number of rotatable bonds is 5. The van der Waals surface area contributed by atoms with Gasteiger partial charge in [0.1, 0.15) is 17.5 Å². The van der Waals surface area contributed by atoms with Crippen molar-refractivity contribution in [3.63, 3.8) is 0 Å². The summed E-state index contributed by atoms with van der Waals surface area (Å²) in [4.78, 5) is 38.8. The number of hydrogen-bond acceptors (Lipinski definition) is 8. The fourth-order valence-corrected chi connectivity index (χ4v) is 8.51. The lowest BCUT2D eigenvalue weighted by Gasteiger charge is -2.66. The van der Waals surface area contributed by atoms with Gasteiger partial charge in [0, 0.05) is 28.7 Å². The Kier molecular flexibility index (Phi) is 5.01. The number of carbonyl (C=O) groups is 3. The van der Waals surface area contributed by atoms with Crippen LogP contribution in [0.25, 0.3) is 0 Å². The molecule has 4 aliphatic rings. The highest BCUT2D eigenvalue weighted by Crippen LogP contribution is 2.78. The Morgan fingerprint density at radius 3 is 2.49 bits per heavy atom. The molecule has 2 aliphatic heterocycles. The third kappa shape index (κ3) is 2.83. The van der Waals surface area contributed by atoms with Gasteiger partial charge in [-0.1, -0.05) is 13.8 Å². The second kappa shape index (κ2) is 7.17. The predicted octanol–water partition coefficient (Wildman–Crippen LogP) is 2.64. The molecule has 9 nitrogen and oxygen atoms in total. The first kappa shape index (κ1) is 24.5. The van der Waals surface area contributed by atoms with Crippen molar-refractivity contribution >= 4 is 17.7 Å². The van der Waals surface area contributed by atoms with Gasteiger partial charge in [-0.25, -0.2) is 4.79 Å². The van der Waals surface area contributed by atoms with Gasteiger partial charge in [-0.05, 0) is 45.6 Å². The quantitative estimate of drug-likeness (QED) is 0.418. The van der Waals surface area contributed by atoms with Crippen molar-refractivity contribution in [1.82, 2.24) is 0 Å². The average molecular weight is 491 g/mol. The molecule has 3 heterocycles. The standard InChI is InChI=1S/C26H34O9/c1-22(2,32)15-10-17(28)25(5)14(24(15,4)16(27)11-18(29)30)6-8-23(3)19(13-7-9-33-12-13)34-21(31)20-26(23,25)35-20/h7,9,12,14-16,19-20,27,32H,6,8,10-11H2,1-5H3,(H,29,30)/t14-,15?,16-,19+,20-,23+,24-,25+,26-/m1/s1. The van der Waals surface area contributed by atoms with E-state index < -0.39 is 76.0 Å². The Bertz CT molecular complexity index is 1070. The molecule has 1 aromatic rings. The Morgan fingerprint density at radius 2 is 1.91 bits per heavy atom. The van der Waals surface area contributed by atoms with Crippen LogP contribution in [0.3, 0.4) is 0 Å². The van der Waals surface area contributed by atoms with E-state index in [2.05, 4.69) is 0 Å². The number of hydrogen-bond donors (Lipinski definition) is 3. The fraction of sp³-hybridized carbons (Fsp3) is 0.731. The smallest absolute Gasteiger partial charge is 0.339 e. The van der Waals surface area contributed by atoms with E-state index in [4.69, 9.17) is 13.9 Å². The molecular weight excluding hydrogens is 456 g/mol. The Balaban J connectivity index is 1.68. The van der Waals surface area contributed by atoms with Crippen LogP contribution in [0.2, 0.25) is 0 Å². The van der Waals surface area contributed by atoms with Gasteiger partial charge in [-0.2, -0.15) is 0 Å². The van der Waals surface area contributed by atoms with Crippen molar-refractivity contribution in [2.24, 2.45) is 28.1 Å². The Morgan fingerprint density at radius 1 is 1.23 bits per heavy atom. The molecule has 9 atom stereocenters. The van der Waals surface area contributed by atoms with E-state index in [1.54, 1.807) is 33.8 Å². The summed E-state index contributed by atoms with van der Waals surface area (Å²) in [5.74, 6) is -3.07. The minimum atomic E-state index is -1.35. The van der Waals surface area contributed by atoms with E-state index in [0.717, 1.165) is 0 Å². The number of fused-ring (bicyclic) bond motifs is 1. The van der Waals surface area contributed by atoms with Crippen LogP contribution in [0.5, 0.6) is 0 Å². The van der Waals surface area contributed by atoms with Crippen LogP contribution < -0.4 is 0 Å². The van der Waals surface area contributed by atoms with Crippen LogP contribution in [0, 0.1) is 28.1 Å². The highest BCUT2D eigenvalue weighted by Gasteiger charge is 2.88. The maximum atomic E-state index is 14.1. The summed E-state index contributed by atoms with van der Waals surface area (Å²) in [5.41, 5.74) is -4.93. The summed E-state index contributed by atoms with van der Waals surface area (Å²) in [6.07, 6.45) is 0.504. The monoisotopic (exact) mass is 490 g/mol.